The normalized spacial score (nSPS) is 18.6. The highest BCUT2D eigenvalue weighted by Gasteiger charge is 2.39. The number of carbonyl (C=O) groups is 1. The smallest absolute Gasteiger partial charge is 0.344 e. The van der Waals surface area contributed by atoms with Crippen LogP contribution >= 0.6 is 0 Å². The number of hydrogen-bond donors (Lipinski definition) is 0. The highest BCUT2D eigenvalue weighted by Crippen LogP contribution is 2.37. The molecule has 4 rings (SSSR count). The van der Waals surface area contributed by atoms with Gasteiger partial charge in [-0.2, -0.15) is 0 Å². The molecule has 1 saturated heterocycles. The molecule has 1 aromatic carbocycles. The maximum absolute atomic E-state index is 13.2. The third-order valence-electron chi connectivity index (χ3n) is 6.94. The third-order valence-corrected chi connectivity index (χ3v) is 11.4. The Bertz CT molecular complexity index is 914. The average Bonchev–Trinajstić information content (AvgIpc) is 3.27. The minimum Gasteiger partial charge on any atom is -0.409 e. The van der Waals surface area contributed by atoms with Crippen molar-refractivity contribution in [3.8, 4) is 0 Å². The molecule has 1 fully saturated rings. The standard InChI is InChI=1S/C23H35N5O2Si/c1-23(2,3)31(4,5)30-18-21-24-15-20-17-27(22(29)28(20)21)26-13-11-25(12-14-26)16-19-9-7-6-8-10-19/h6-10,15H,11-14,16-18H2,1-5H3. The van der Waals surface area contributed by atoms with Crippen molar-refractivity contribution in [2.24, 2.45) is 0 Å². The predicted octanol–water partition coefficient (Wildman–Crippen LogP) is 3.92. The van der Waals surface area contributed by atoms with Crippen molar-refractivity contribution >= 4 is 14.3 Å². The van der Waals surface area contributed by atoms with E-state index in [-0.39, 0.29) is 11.1 Å². The summed E-state index contributed by atoms with van der Waals surface area (Å²) in [5.74, 6) is 0.718. The molecular formula is C23H35N5O2Si. The molecule has 0 spiro atoms. The first-order valence-electron chi connectivity index (χ1n) is 11.2. The van der Waals surface area contributed by atoms with Crippen molar-refractivity contribution < 1.29 is 9.22 Å². The van der Waals surface area contributed by atoms with E-state index >= 15 is 0 Å². The molecule has 0 radical (unpaired) electrons. The summed E-state index contributed by atoms with van der Waals surface area (Å²) >= 11 is 0. The minimum absolute atomic E-state index is 0.00200. The van der Waals surface area contributed by atoms with Crippen LogP contribution in [-0.2, 0) is 24.1 Å². The summed E-state index contributed by atoms with van der Waals surface area (Å²) in [5, 5.41) is 4.20. The van der Waals surface area contributed by atoms with Crippen molar-refractivity contribution in [2.45, 2.75) is 58.6 Å². The highest BCUT2D eigenvalue weighted by atomic mass is 28.4. The number of fused-ring (bicyclic) bond motifs is 1. The van der Waals surface area contributed by atoms with Gasteiger partial charge in [-0.15, -0.1) is 0 Å². The van der Waals surface area contributed by atoms with Gasteiger partial charge in [-0.25, -0.2) is 19.4 Å². The van der Waals surface area contributed by atoms with Crippen LogP contribution in [0.1, 0.15) is 37.9 Å². The molecule has 7 nitrogen and oxygen atoms in total. The minimum atomic E-state index is -1.90. The first kappa shape index (κ1) is 22.2. The summed E-state index contributed by atoms with van der Waals surface area (Å²) < 4.78 is 8.08. The van der Waals surface area contributed by atoms with Gasteiger partial charge in [-0.1, -0.05) is 51.1 Å². The number of benzene rings is 1. The zero-order chi connectivity index (χ0) is 22.2. The number of imidazole rings is 1. The number of aromatic nitrogens is 2. The number of amides is 1. The fourth-order valence-corrected chi connectivity index (χ4v) is 4.80. The van der Waals surface area contributed by atoms with Crippen LogP contribution in [-0.4, -0.2) is 65.0 Å². The number of piperazine rings is 1. The molecule has 0 atom stereocenters. The maximum Gasteiger partial charge on any atom is 0.344 e. The van der Waals surface area contributed by atoms with Gasteiger partial charge in [0.2, 0.25) is 0 Å². The first-order chi connectivity index (χ1) is 14.7. The summed E-state index contributed by atoms with van der Waals surface area (Å²) in [6, 6.07) is 10.6. The SMILES string of the molecule is CC(C)(C)[Si](C)(C)OCc1ncc2n1C(=O)N(N1CCN(Cc3ccccc3)CC1)C2. The second-order valence-electron chi connectivity index (χ2n) is 10.1. The van der Waals surface area contributed by atoms with E-state index in [9.17, 15) is 4.79 Å². The summed E-state index contributed by atoms with van der Waals surface area (Å²) in [6.45, 7) is 16.7. The molecule has 0 unspecified atom stereocenters. The average molecular weight is 442 g/mol. The molecule has 0 aliphatic carbocycles. The lowest BCUT2D eigenvalue weighted by Crippen LogP contribution is -2.53. The Morgan fingerprint density at radius 1 is 1.06 bits per heavy atom. The predicted molar refractivity (Wildman–Crippen MR) is 124 cm³/mol. The van der Waals surface area contributed by atoms with E-state index in [0.29, 0.717) is 13.2 Å². The molecule has 2 aromatic rings. The molecule has 1 aromatic heterocycles. The van der Waals surface area contributed by atoms with Crippen LogP contribution in [0.5, 0.6) is 0 Å². The van der Waals surface area contributed by atoms with Crippen LogP contribution in [0.15, 0.2) is 36.5 Å². The Morgan fingerprint density at radius 2 is 1.74 bits per heavy atom. The number of nitrogens with zero attached hydrogens (tertiary/aromatic N) is 5. The number of rotatable bonds is 6. The lowest BCUT2D eigenvalue weighted by atomic mass is 10.2. The Kier molecular flexibility index (Phi) is 6.09. The fourth-order valence-electron chi connectivity index (χ4n) is 3.87. The lowest BCUT2D eigenvalue weighted by molar-refractivity contribution is -0.0230. The fraction of sp³-hybridized carbons (Fsp3) is 0.565. The quantitative estimate of drug-likeness (QED) is 0.636. The summed E-state index contributed by atoms with van der Waals surface area (Å²) in [4.78, 5) is 20.2. The van der Waals surface area contributed by atoms with Gasteiger partial charge in [0.05, 0.1) is 25.0 Å². The van der Waals surface area contributed by atoms with Crippen LogP contribution in [0.2, 0.25) is 18.1 Å². The topological polar surface area (TPSA) is 53.8 Å². The molecule has 31 heavy (non-hydrogen) atoms. The van der Waals surface area contributed by atoms with Crippen LogP contribution in [0.4, 0.5) is 4.79 Å². The van der Waals surface area contributed by atoms with Crippen molar-refractivity contribution in [3.05, 3.63) is 53.6 Å². The Balaban J connectivity index is 1.35. The van der Waals surface area contributed by atoms with Crippen LogP contribution < -0.4 is 0 Å². The van der Waals surface area contributed by atoms with Gasteiger partial charge in [-0.05, 0) is 23.7 Å². The largest absolute Gasteiger partial charge is 0.409 e. The molecule has 2 aliphatic rings. The van der Waals surface area contributed by atoms with Crippen molar-refractivity contribution in [3.63, 3.8) is 0 Å². The van der Waals surface area contributed by atoms with Crippen molar-refractivity contribution in [2.75, 3.05) is 26.2 Å². The summed E-state index contributed by atoms with van der Waals surface area (Å²) in [5.41, 5.74) is 2.28. The molecule has 3 heterocycles. The summed E-state index contributed by atoms with van der Waals surface area (Å²) in [6.07, 6.45) is 1.83. The van der Waals surface area contributed by atoms with E-state index in [4.69, 9.17) is 4.43 Å². The zero-order valence-electron chi connectivity index (χ0n) is 19.5. The van der Waals surface area contributed by atoms with Gasteiger partial charge in [0.15, 0.2) is 8.32 Å². The number of carbonyl (C=O) groups excluding carboxylic acids is 1. The van der Waals surface area contributed by atoms with E-state index in [2.05, 4.69) is 79.1 Å². The third kappa shape index (κ3) is 4.62. The van der Waals surface area contributed by atoms with E-state index < -0.39 is 8.32 Å². The first-order valence-corrected chi connectivity index (χ1v) is 14.1. The van der Waals surface area contributed by atoms with Gasteiger partial charge < -0.3 is 4.43 Å². The second kappa shape index (κ2) is 8.50. The Morgan fingerprint density at radius 3 is 2.39 bits per heavy atom. The molecule has 0 N–H and O–H groups in total. The maximum atomic E-state index is 13.2. The molecule has 0 saturated carbocycles. The van der Waals surface area contributed by atoms with E-state index in [1.165, 1.54) is 5.56 Å². The van der Waals surface area contributed by atoms with Crippen LogP contribution in [0.25, 0.3) is 0 Å². The molecule has 0 bridgehead atoms. The van der Waals surface area contributed by atoms with Crippen LogP contribution in [0, 0.1) is 0 Å². The zero-order valence-corrected chi connectivity index (χ0v) is 20.5. The van der Waals surface area contributed by atoms with Gasteiger partial charge in [-0.3, -0.25) is 9.91 Å². The number of hydrogen-bond acceptors (Lipinski definition) is 5. The van der Waals surface area contributed by atoms with Gasteiger partial charge in [0, 0.05) is 32.7 Å². The molecule has 1 amide bonds. The van der Waals surface area contributed by atoms with E-state index in [0.717, 1.165) is 44.2 Å². The Labute approximate surface area is 186 Å². The Hall–Kier alpha value is -2.00. The lowest BCUT2D eigenvalue weighted by Gasteiger charge is -2.39. The monoisotopic (exact) mass is 441 g/mol. The van der Waals surface area contributed by atoms with Crippen molar-refractivity contribution in [1.29, 1.82) is 0 Å². The summed E-state index contributed by atoms with van der Waals surface area (Å²) in [7, 11) is -1.90. The second-order valence-corrected chi connectivity index (χ2v) is 14.9. The van der Waals surface area contributed by atoms with Gasteiger partial charge in [0.25, 0.3) is 0 Å². The molecular weight excluding hydrogens is 406 g/mol. The molecule has 8 heteroatoms. The van der Waals surface area contributed by atoms with E-state index in [1.54, 1.807) is 4.57 Å². The number of hydrazine groups is 1. The van der Waals surface area contributed by atoms with E-state index in [1.807, 2.05) is 11.2 Å². The van der Waals surface area contributed by atoms with Gasteiger partial charge >= 0.3 is 6.03 Å². The molecule has 168 valence electrons. The van der Waals surface area contributed by atoms with Gasteiger partial charge in [0.1, 0.15) is 5.82 Å². The highest BCUT2D eigenvalue weighted by molar-refractivity contribution is 6.74. The van der Waals surface area contributed by atoms with Crippen LogP contribution in [0.3, 0.4) is 0 Å². The molecule has 2 aliphatic heterocycles. The van der Waals surface area contributed by atoms with Crippen molar-refractivity contribution in [1.82, 2.24) is 24.5 Å².